The minimum atomic E-state index is -2.74. The molecule has 0 aromatic heterocycles. The van der Waals surface area contributed by atoms with E-state index in [0.29, 0.717) is 30.5 Å². The molecular weight excluding hydrogens is 525 g/mol. The summed E-state index contributed by atoms with van der Waals surface area (Å²) in [6, 6.07) is 15.1. The Hall–Kier alpha value is -3.98. The zero-order chi connectivity index (χ0) is 29.5. The molecule has 2 heterocycles. The van der Waals surface area contributed by atoms with Gasteiger partial charge in [-0.3, -0.25) is 14.5 Å². The van der Waals surface area contributed by atoms with Crippen LogP contribution in [-0.4, -0.2) is 72.6 Å². The Bertz CT molecular complexity index is 1230. The van der Waals surface area contributed by atoms with E-state index in [1.165, 1.54) is 17.7 Å². The van der Waals surface area contributed by atoms with E-state index in [-0.39, 0.29) is 12.4 Å². The highest BCUT2D eigenvalue weighted by Gasteiger charge is 2.48. The van der Waals surface area contributed by atoms with Gasteiger partial charge in [-0.2, -0.15) is 0 Å². The van der Waals surface area contributed by atoms with E-state index < -0.39 is 42.0 Å². The summed E-state index contributed by atoms with van der Waals surface area (Å²) in [6.45, 7) is 1.12. The summed E-state index contributed by atoms with van der Waals surface area (Å²) in [5.74, 6) is -2.07. The molecule has 0 aliphatic carbocycles. The van der Waals surface area contributed by atoms with Crippen LogP contribution in [0.15, 0.2) is 48.5 Å². The van der Waals surface area contributed by atoms with Crippen LogP contribution in [0.1, 0.15) is 49.7 Å². The molecule has 5 N–H and O–H groups in total. The lowest BCUT2D eigenvalue weighted by Crippen LogP contribution is -2.49. The maximum absolute atomic E-state index is 13.6. The smallest absolute Gasteiger partial charge is 0.336 e. The number of aliphatic hydroxyl groups is 2. The number of ether oxygens (including phenoxy) is 1. The summed E-state index contributed by atoms with van der Waals surface area (Å²) in [7, 11) is 0. The monoisotopic (exact) mass is 557 g/mol. The fourth-order valence-corrected chi connectivity index (χ4v) is 5.33. The van der Waals surface area contributed by atoms with Crippen molar-refractivity contribution >= 4 is 17.9 Å². The van der Waals surface area contributed by atoms with Gasteiger partial charge in [-0.25, -0.2) is 9.18 Å². The van der Waals surface area contributed by atoms with E-state index in [9.17, 15) is 23.9 Å². The number of halogens is 1. The maximum Gasteiger partial charge on any atom is 0.336 e. The fourth-order valence-electron chi connectivity index (χ4n) is 5.33. The molecule has 2 saturated heterocycles. The number of piperidine rings is 1. The van der Waals surface area contributed by atoms with Crippen LogP contribution in [0.3, 0.4) is 0 Å². The lowest BCUT2D eigenvalue weighted by Gasteiger charge is -2.44. The van der Waals surface area contributed by atoms with E-state index in [0.717, 1.165) is 25.1 Å². The molecule has 2 aromatic carbocycles. The van der Waals surface area contributed by atoms with Crippen molar-refractivity contribution in [3.05, 3.63) is 65.5 Å². The third-order valence-corrected chi connectivity index (χ3v) is 7.18. The Morgan fingerprint density at radius 1 is 1.02 bits per heavy atom. The highest BCUT2D eigenvalue weighted by molar-refractivity contribution is 5.88. The number of carboxylic acids is 3. The average molecular weight is 558 g/mol. The lowest BCUT2D eigenvalue weighted by atomic mass is 9.80. The SMILES string of the molecule is C#CCOc1ccc(CN2C3CCC2CC(O)(c2cccc(F)c2)C3)cc1.O=C(O)CC(O)(CC(=O)O)C(=O)O. The third-order valence-electron chi connectivity index (χ3n) is 7.18. The standard InChI is InChI=1S/C23H24FNO2.C6H8O7/c1-2-12-27-22-10-6-17(7-11-22)16-25-20-8-9-21(25)15-23(26,14-20)18-4-3-5-19(24)13-18;7-3(8)1-6(13,5(11)12)2-4(9)10/h1,3-7,10-11,13,20-21,26H,8-9,12,14-16H2;13H,1-2H2,(H,7,8)(H,9,10)(H,11,12). The Balaban J connectivity index is 0.000000289. The van der Waals surface area contributed by atoms with Crippen molar-refractivity contribution in [1.29, 1.82) is 0 Å². The second-order valence-electron chi connectivity index (χ2n) is 10.1. The van der Waals surface area contributed by atoms with E-state index in [1.54, 1.807) is 6.07 Å². The van der Waals surface area contributed by atoms with Crippen molar-refractivity contribution in [2.45, 2.75) is 68.4 Å². The molecular formula is C29H32FNO9. The van der Waals surface area contributed by atoms with E-state index in [1.807, 2.05) is 18.2 Å². The summed E-state index contributed by atoms with van der Waals surface area (Å²) < 4.78 is 19.1. The molecule has 10 nitrogen and oxygen atoms in total. The molecule has 0 spiro atoms. The largest absolute Gasteiger partial charge is 0.481 e. The second kappa shape index (κ2) is 12.9. The molecule has 40 heavy (non-hydrogen) atoms. The zero-order valence-corrected chi connectivity index (χ0v) is 21.7. The number of fused-ring (bicyclic) bond motifs is 2. The van der Waals surface area contributed by atoms with Crippen molar-refractivity contribution in [1.82, 2.24) is 4.90 Å². The normalized spacial score (nSPS) is 21.9. The Morgan fingerprint density at radius 3 is 2.08 bits per heavy atom. The number of carboxylic acid groups (broad SMARTS) is 3. The molecule has 2 bridgehead atoms. The number of benzene rings is 2. The Morgan fingerprint density at radius 2 is 1.60 bits per heavy atom. The predicted octanol–water partition coefficient (Wildman–Crippen LogP) is 2.60. The molecule has 0 amide bonds. The Kier molecular flexibility index (Phi) is 9.87. The molecule has 2 fully saturated rings. The van der Waals surface area contributed by atoms with Gasteiger partial charge in [0.2, 0.25) is 0 Å². The lowest BCUT2D eigenvalue weighted by molar-refractivity contribution is -0.170. The van der Waals surface area contributed by atoms with Crippen molar-refractivity contribution in [2.24, 2.45) is 0 Å². The number of carbonyl (C=O) groups is 3. The van der Waals surface area contributed by atoms with Gasteiger partial charge < -0.3 is 30.3 Å². The van der Waals surface area contributed by atoms with Gasteiger partial charge in [0.25, 0.3) is 0 Å². The number of terminal acetylenes is 1. The number of hydrogen-bond donors (Lipinski definition) is 5. The summed E-state index contributed by atoms with van der Waals surface area (Å²) >= 11 is 0. The summed E-state index contributed by atoms with van der Waals surface area (Å²) in [4.78, 5) is 33.0. The minimum absolute atomic E-state index is 0.272. The van der Waals surface area contributed by atoms with Crippen molar-refractivity contribution < 1.29 is 49.0 Å². The quantitative estimate of drug-likeness (QED) is 0.274. The first kappa shape index (κ1) is 30.6. The fraction of sp³-hybridized carbons (Fsp3) is 0.414. The number of rotatable bonds is 10. The minimum Gasteiger partial charge on any atom is -0.481 e. The first-order chi connectivity index (χ1) is 18.8. The van der Waals surface area contributed by atoms with Crippen LogP contribution in [0.4, 0.5) is 4.39 Å². The zero-order valence-electron chi connectivity index (χ0n) is 21.7. The molecule has 4 rings (SSSR count). The van der Waals surface area contributed by atoms with E-state index >= 15 is 0 Å². The predicted molar refractivity (Wildman–Crippen MR) is 140 cm³/mol. The van der Waals surface area contributed by atoms with Crippen LogP contribution in [0.5, 0.6) is 5.75 Å². The molecule has 0 radical (unpaired) electrons. The first-order valence-electron chi connectivity index (χ1n) is 12.6. The van der Waals surface area contributed by atoms with E-state index in [2.05, 4.69) is 23.0 Å². The molecule has 214 valence electrons. The van der Waals surface area contributed by atoms with Crippen LogP contribution >= 0.6 is 0 Å². The average Bonchev–Trinajstić information content (AvgIpc) is 3.11. The van der Waals surface area contributed by atoms with Gasteiger partial charge in [0.15, 0.2) is 5.60 Å². The van der Waals surface area contributed by atoms with Crippen LogP contribution in [0.2, 0.25) is 0 Å². The van der Waals surface area contributed by atoms with Gasteiger partial charge in [0.05, 0.1) is 18.4 Å². The highest BCUT2D eigenvalue weighted by atomic mass is 19.1. The number of aliphatic carboxylic acids is 3. The van der Waals surface area contributed by atoms with Gasteiger partial charge in [-0.1, -0.05) is 30.2 Å². The van der Waals surface area contributed by atoms with Crippen molar-refractivity contribution in [3.63, 3.8) is 0 Å². The van der Waals surface area contributed by atoms with Gasteiger partial charge in [-0.05, 0) is 61.1 Å². The number of nitrogens with zero attached hydrogens (tertiary/aromatic N) is 1. The molecule has 2 aliphatic rings. The van der Waals surface area contributed by atoms with Crippen LogP contribution in [-0.2, 0) is 26.5 Å². The van der Waals surface area contributed by atoms with Crippen molar-refractivity contribution in [3.8, 4) is 18.1 Å². The molecule has 0 saturated carbocycles. The topological polar surface area (TPSA) is 165 Å². The highest BCUT2D eigenvalue weighted by Crippen LogP contribution is 2.46. The van der Waals surface area contributed by atoms with Gasteiger partial charge in [-0.15, -0.1) is 6.42 Å². The third kappa shape index (κ3) is 7.79. The molecule has 2 unspecified atom stereocenters. The summed E-state index contributed by atoms with van der Waals surface area (Å²) in [6.07, 6.45) is 6.38. The number of hydrogen-bond acceptors (Lipinski definition) is 7. The molecule has 11 heteroatoms. The molecule has 2 aromatic rings. The van der Waals surface area contributed by atoms with Crippen LogP contribution < -0.4 is 4.74 Å². The molecule has 2 aliphatic heterocycles. The van der Waals surface area contributed by atoms with Gasteiger partial charge in [0.1, 0.15) is 18.2 Å². The van der Waals surface area contributed by atoms with Gasteiger partial charge >= 0.3 is 17.9 Å². The van der Waals surface area contributed by atoms with E-state index in [4.69, 9.17) is 31.6 Å². The van der Waals surface area contributed by atoms with Crippen LogP contribution in [0, 0.1) is 18.2 Å². The molecule has 2 atom stereocenters. The second-order valence-corrected chi connectivity index (χ2v) is 10.1. The maximum atomic E-state index is 13.6. The van der Waals surface area contributed by atoms with Crippen LogP contribution in [0.25, 0.3) is 0 Å². The Labute approximate surface area is 230 Å². The van der Waals surface area contributed by atoms with Gasteiger partial charge in [0, 0.05) is 18.6 Å². The summed E-state index contributed by atoms with van der Waals surface area (Å²) in [5.41, 5.74) is -1.75. The summed E-state index contributed by atoms with van der Waals surface area (Å²) in [5, 5.41) is 45.0. The first-order valence-corrected chi connectivity index (χ1v) is 12.6. The van der Waals surface area contributed by atoms with Crippen molar-refractivity contribution in [2.75, 3.05) is 6.61 Å².